The van der Waals surface area contributed by atoms with Gasteiger partial charge in [-0.1, -0.05) is 23.7 Å². The monoisotopic (exact) mass is 532 g/mol. The van der Waals surface area contributed by atoms with Crippen molar-refractivity contribution in [2.75, 3.05) is 18.4 Å². The summed E-state index contributed by atoms with van der Waals surface area (Å²) in [5, 5.41) is 3.50. The maximum absolute atomic E-state index is 12.7. The molecule has 0 radical (unpaired) electrons. The second-order valence-corrected chi connectivity index (χ2v) is 10.7. The summed E-state index contributed by atoms with van der Waals surface area (Å²) in [5.74, 6) is -0.306. The smallest absolute Gasteiger partial charge is 0.227 e. The maximum atomic E-state index is 12.7. The Kier molecular flexibility index (Phi) is 7.01. The first-order chi connectivity index (χ1) is 13.2. The molecule has 0 saturated carbocycles. The van der Waals surface area contributed by atoms with Gasteiger partial charge in [-0.25, -0.2) is 12.7 Å². The lowest BCUT2D eigenvalue weighted by atomic mass is 9.97. The molecule has 1 heterocycles. The molecule has 0 aromatic heterocycles. The van der Waals surface area contributed by atoms with Crippen LogP contribution < -0.4 is 5.32 Å². The number of anilines is 1. The number of nitrogens with zero attached hydrogens (tertiary/aromatic N) is 1. The van der Waals surface area contributed by atoms with Crippen molar-refractivity contribution >= 4 is 55.8 Å². The largest absolute Gasteiger partial charge is 0.326 e. The fourth-order valence-electron chi connectivity index (χ4n) is 3.33. The molecule has 2 aromatic carbocycles. The lowest BCUT2D eigenvalue weighted by Gasteiger charge is -2.30. The van der Waals surface area contributed by atoms with Gasteiger partial charge in [-0.15, -0.1) is 0 Å². The first kappa shape index (κ1) is 21.5. The number of halogens is 2. The SMILES string of the molecule is Cc1cc(I)ccc1NC(=O)C1CCN(S(=O)(=O)Cc2cccc(Cl)c2)CC1. The van der Waals surface area contributed by atoms with Gasteiger partial charge in [0.2, 0.25) is 15.9 Å². The Hall–Kier alpha value is -1.16. The summed E-state index contributed by atoms with van der Waals surface area (Å²) >= 11 is 8.18. The standard InChI is InChI=1S/C20H22ClIN2O3S/c1-14-11-18(22)5-6-19(14)23-20(25)16-7-9-24(10-8-16)28(26,27)13-15-3-2-4-17(21)12-15/h2-6,11-12,16H,7-10,13H2,1H3,(H,23,25). The van der Waals surface area contributed by atoms with Gasteiger partial charge in [0.05, 0.1) is 5.75 Å². The molecule has 8 heteroatoms. The number of nitrogens with one attached hydrogen (secondary N) is 1. The summed E-state index contributed by atoms with van der Waals surface area (Å²) < 4.78 is 28.0. The summed E-state index contributed by atoms with van der Waals surface area (Å²) in [4.78, 5) is 12.6. The first-order valence-corrected chi connectivity index (χ1v) is 12.1. The van der Waals surface area contributed by atoms with E-state index >= 15 is 0 Å². The fourth-order valence-corrected chi connectivity index (χ4v) is 5.74. The molecular formula is C20H22ClIN2O3S. The predicted molar refractivity (Wildman–Crippen MR) is 121 cm³/mol. The van der Waals surface area contributed by atoms with E-state index in [1.165, 1.54) is 4.31 Å². The minimum atomic E-state index is -3.43. The van der Waals surface area contributed by atoms with Crippen LogP contribution in [-0.4, -0.2) is 31.7 Å². The zero-order valence-electron chi connectivity index (χ0n) is 15.5. The molecule has 2 aromatic rings. The molecule has 1 fully saturated rings. The maximum Gasteiger partial charge on any atom is 0.227 e. The highest BCUT2D eigenvalue weighted by Gasteiger charge is 2.31. The van der Waals surface area contributed by atoms with Crippen LogP contribution >= 0.6 is 34.2 Å². The number of hydrogen-bond donors (Lipinski definition) is 1. The van der Waals surface area contributed by atoms with E-state index in [4.69, 9.17) is 11.6 Å². The number of carbonyl (C=O) groups excluding carboxylic acids is 1. The second kappa shape index (κ2) is 9.11. The molecule has 1 aliphatic rings. The zero-order valence-corrected chi connectivity index (χ0v) is 19.2. The molecule has 1 N–H and O–H groups in total. The molecule has 3 rings (SSSR count). The second-order valence-electron chi connectivity index (χ2n) is 7.01. The van der Waals surface area contributed by atoms with Crippen LogP contribution in [0.4, 0.5) is 5.69 Å². The van der Waals surface area contributed by atoms with Crippen molar-refractivity contribution in [2.24, 2.45) is 5.92 Å². The first-order valence-electron chi connectivity index (χ1n) is 9.04. The van der Waals surface area contributed by atoms with Gasteiger partial charge in [-0.05, 0) is 83.8 Å². The third-order valence-electron chi connectivity index (χ3n) is 4.90. The number of piperidine rings is 1. The molecule has 150 valence electrons. The Morgan fingerprint density at radius 3 is 2.57 bits per heavy atom. The van der Waals surface area contributed by atoms with Crippen LogP contribution in [0.25, 0.3) is 0 Å². The van der Waals surface area contributed by atoms with E-state index in [0.29, 0.717) is 36.5 Å². The van der Waals surface area contributed by atoms with E-state index in [1.54, 1.807) is 24.3 Å². The summed E-state index contributed by atoms with van der Waals surface area (Å²) in [7, 11) is -3.43. The summed E-state index contributed by atoms with van der Waals surface area (Å²) in [6.45, 7) is 2.67. The Balaban J connectivity index is 1.58. The van der Waals surface area contributed by atoms with E-state index in [9.17, 15) is 13.2 Å². The van der Waals surface area contributed by atoms with Gasteiger partial charge in [0.15, 0.2) is 0 Å². The van der Waals surface area contributed by atoms with Crippen molar-refractivity contribution in [1.29, 1.82) is 0 Å². The van der Waals surface area contributed by atoms with Crippen molar-refractivity contribution in [1.82, 2.24) is 4.31 Å². The van der Waals surface area contributed by atoms with Crippen LogP contribution in [0.15, 0.2) is 42.5 Å². The third-order valence-corrected chi connectivity index (χ3v) is 7.66. The van der Waals surface area contributed by atoms with E-state index in [1.807, 2.05) is 25.1 Å². The van der Waals surface area contributed by atoms with Gasteiger partial charge < -0.3 is 5.32 Å². The van der Waals surface area contributed by atoms with Crippen LogP contribution in [0.5, 0.6) is 0 Å². The highest BCUT2D eigenvalue weighted by Crippen LogP contribution is 2.25. The van der Waals surface area contributed by atoms with Crippen molar-refractivity contribution < 1.29 is 13.2 Å². The van der Waals surface area contributed by atoms with E-state index in [-0.39, 0.29) is 17.6 Å². The van der Waals surface area contributed by atoms with Gasteiger partial charge in [0, 0.05) is 33.3 Å². The zero-order chi connectivity index (χ0) is 20.3. The lowest BCUT2D eigenvalue weighted by Crippen LogP contribution is -2.41. The van der Waals surface area contributed by atoms with Crippen LogP contribution in [0, 0.1) is 16.4 Å². The molecule has 5 nitrogen and oxygen atoms in total. The number of aryl methyl sites for hydroxylation is 1. The molecular weight excluding hydrogens is 511 g/mol. The van der Waals surface area contributed by atoms with E-state index in [2.05, 4.69) is 27.9 Å². The molecule has 0 spiro atoms. The van der Waals surface area contributed by atoms with Gasteiger partial charge >= 0.3 is 0 Å². The quantitative estimate of drug-likeness (QED) is 0.579. The lowest BCUT2D eigenvalue weighted by molar-refractivity contribution is -0.120. The highest BCUT2D eigenvalue weighted by atomic mass is 127. The third kappa shape index (κ3) is 5.46. The molecule has 1 aliphatic heterocycles. The van der Waals surface area contributed by atoms with Crippen molar-refractivity contribution in [3.8, 4) is 0 Å². The van der Waals surface area contributed by atoms with E-state index in [0.717, 1.165) is 14.8 Å². The molecule has 0 atom stereocenters. The van der Waals surface area contributed by atoms with Gasteiger partial charge in [0.1, 0.15) is 0 Å². The average molecular weight is 533 g/mol. The topological polar surface area (TPSA) is 66.5 Å². The predicted octanol–water partition coefficient (Wildman–Crippen LogP) is 4.43. The molecule has 0 unspecified atom stereocenters. The fraction of sp³-hybridized carbons (Fsp3) is 0.350. The number of hydrogen-bond acceptors (Lipinski definition) is 3. The normalized spacial score (nSPS) is 16.1. The summed E-state index contributed by atoms with van der Waals surface area (Å²) in [6, 6.07) is 12.8. The minimum Gasteiger partial charge on any atom is -0.326 e. The summed E-state index contributed by atoms with van der Waals surface area (Å²) in [5.41, 5.74) is 2.49. The Bertz CT molecular complexity index is 973. The van der Waals surface area contributed by atoms with Crippen molar-refractivity contribution in [2.45, 2.75) is 25.5 Å². The van der Waals surface area contributed by atoms with Crippen LogP contribution in [0.2, 0.25) is 5.02 Å². The van der Waals surface area contributed by atoms with Crippen molar-refractivity contribution in [3.05, 3.63) is 62.2 Å². The van der Waals surface area contributed by atoms with E-state index < -0.39 is 10.0 Å². The molecule has 1 saturated heterocycles. The van der Waals surface area contributed by atoms with Crippen LogP contribution in [0.1, 0.15) is 24.0 Å². The average Bonchev–Trinajstić information content (AvgIpc) is 2.64. The number of amides is 1. The number of carbonyl (C=O) groups is 1. The van der Waals surface area contributed by atoms with Gasteiger partial charge in [-0.3, -0.25) is 4.79 Å². The van der Waals surface area contributed by atoms with Gasteiger partial charge in [-0.2, -0.15) is 0 Å². The Morgan fingerprint density at radius 2 is 1.93 bits per heavy atom. The van der Waals surface area contributed by atoms with Crippen LogP contribution in [0.3, 0.4) is 0 Å². The molecule has 28 heavy (non-hydrogen) atoms. The minimum absolute atomic E-state index is 0.0452. The molecule has 0 bridgehead atoms. The Labute approximate surface area is 184 Å². The van der Waals surface area contributed by atoms with Crippen molar-refractivity contribution in [3.63, 3.8) is 0 Å². The Morgan fingerprint density at radius 1 is 1.21 bits per heavy atom. The molecule has 0 aliphatic carbocycles. The van der Waals surface area contributed by atoms with Crippen LogP contribution in [-0.2, 0) is 20.6 Å². The number of rotatable bonds is 5. The van der Waals surface area contributed by atoms with Gasteiger partial charge in [0.25, 0.3) is 0 Å². The summed E-state index contributed by atoms with van der Waals surface area (Å²) in [6.07, 6.45) is 1.04. The number of benzene rings is 2. The highest BCUT2D eigenvalue weighted by molar-refractivity contribution is 14.1. The molecule has 1 amide bonds. The number of sulfonamides is 1.